The topological polar surface area (TPSA) is 106 Å². The maximum Gasteiger partial charge on any atom is 0.265 e. The summed E-state index contributed by atoms with van der Waals surface area (Å²) in [5.74, 6) is 5.81. The highest BCUT2D eigenvalue weighted by atomic mass is 32.2. The van der Waals surface area contributed by atoms with Crippen molar-refractivity contribution in [2.24, 2.45) is 5.84 Å². The van der Waals surface area contributed by atoms with Crippen LogP contribution in [0.1, 0.15) is 6.92 Å². The predicted molar refractivity (Wildman–Crippen MR) is 80.5 cm³/mol. The molecule has 8 heteroatoms. The van der Waals surface area contributed by atoms with Crippen LogP contribution in [0, 0.1) is 0 Å². The minimum absolute atomic E-state index is 0.0428. The number of rotatable bonds is 6. The second-order valence-corrected chi connectivity index (χ2v) is 5.68. The summed E-state index contributed by atoms with van der Waals surface area (Å²) < 4.78 is 32.7. The van der Waals surface area contributed by atoms with Crippen LogP contribution in [0.2, 0.25) is 0 Å². The van der Waals surface area contributed by atoms with Crippen LogP contribution in [0.15, 0.2) is 47.5 Å². The Labute approximate surface area is 123 Å². The first kappa shape index (κ1) is 15.1. The Kier molecular flexibility index (Phi) is 4.61. The summed E-state index contributed by atoms with van der Waals surface area (Å²) in [6, 6.07) is 9.71. The van der Waals surface area contributed by atoms with Gasteiger partial charge in [-0.1, -0.05) is 12.1 Å². The van der Waals surface area contributed by atoms with Crippen molar-refractivity contribution < 1.29 is 13.2 Å². The molecule has 0 saturated carbocycles. The zero-order chi connectivity index (χ0) is 15.3. The van der Waals surface area contributed by atoms with E-state index >= 15 is 0 Å². The molecular formula is C13H16N4O3S. The molecule has 1 aromatic heterocycles. The third-order valence-corrected chi connectivity index (χ3v) is 4.03. The van der Waals surface area contributed by atoms with Gasteiger partial charge in [0.05, 0.1) is 12.3 Å². The molecule has 0 spiro atoms. The molecule has 1 heterocycles. The van der Waals surface area contributed by atoms with Crippen LogP contribution < -0.4 is 20.7 Å². The molecule has 2 rings (SSSR count). The molecule has 4 N–H and O–H groups in total. The van der Waals surface area contributed by atoms with Gasteiger partial charge in [-0.15, -0.1) is 0 Å². The summed E-state index contributed by atoms with van der Waals surface area (Å²) in [4.78, 5) is 3.83. The average molecular weight is 308 g/mol. The largest absolute Gasteiger partial charge is 0.492 e. The molecule has 0 unspecified atom stereocenters. The maximum absolute atomic E-state index is 12.4. The highest BCUT2D eigenvalue weighted by Gasteiger charge is 2.20. The molecule has 112 valence electrons. The second-order valence-electron chi connectivity index (χ2n) is 4.03. The minimum Gasteiger partial charge on any atom is -0.492 e. The predicted octanol–water partition coefficient (Wildman–Crippen LogP) is 1.57. The van der Waals surface area contributed by atoms with E-state index in [0.29, 0.717) is 18.0 Å². The SMILES string of the molecule is CCOc1ccccc1NS(=O)(=O)c1cccnc1NN. The highest BCUT2D eigenvalue weighted by molar-refractivity contribution is 7.92. The molecule has 0 aliphatic heterocycles. The number of pyridine rings is 1. The standard InChI is InChI=1S/C13H16N4O3S/c1-2-20-11-7-4-3-6-10(11)17-21(18,19)12-8-5-9-15-13(12)16-14/h3-9,17H,2,14H2,1H3,(H,15,16). The van der Waals surface area contributed by atoms with E-state index < -0.39 is 10.0 Å². The number of nitrogens with two attached hydrogens (primary N) is 1. The number of para-hydroxylation sites is 2. The summed E-state index contributed by atoms with van der Waals surface area (Å²) in [7, 11) is -3.83. The molecule has 0 bridgehead atoms. The fourth-order valence-electron chi connectivity index (χ4n) is 1.75. The van der Waals surface area contributed by atoms with E-state index in [1.165, 1.54) is 18.3 Å². The van der Waals surface area contributed by atoms with E-state index in [-0.39, 0.29) is 10.7 Å². The molecule has 0 fully saturated rings. The van der Waals surface area contributed by atoms with E-state index in [1.54, 1.807) is 24.3 Å². The van der Waals surface area contributed by atoms with Gasteiger partial charge in [0.15, 0.2) is 5.82 Å². The number of benzene rings is 1. The van der Waals surface area contributed by atoms with Gasteiger partial charge in [-0.05, 0) is 31.2 Å². The monoisotopic (exact) mass is 308 g/mol. The molecule has 0 atom stereocenters. The van der Waals surface area contributed by atoms with E-state index in [0.717, 1.165) is 0 Å². The van der Waals surface area contributed by atoms with Gasteiger partial charge in [0, 0.05) is 6.20 Å². The summed E-state index contributed by atoms with van der Waals surface area (Å²) in [5, 5.41) is 0. The Bertz CT molecular complexity index is 719. The number of hydrogen-bond donors (Lipinski definition) is 3. The van der Waals surface area contributed by atoms with Crippen LogP contribution in [0.3, 0.4) is 0 Å². The quantitative estimate of drug-likeness (QED) is 0.552. The van der Waals surface area contributed by atoms with Gasteiger partial charge < -0.3 is 10.2 Å². The van der Waals surface area contributed by atoms with Crippen LogP contribution in [-0.4, -0.2) is 20.0 Å². The number of nitrogens with one attached hydrogen (secondary N) is 2. The highest BCUT2D eigenvalue weighted by Crippen LogP contribution is 2.27. The van der Waals surface area contributed by atoms with Gasteiger partial charge in [0.1, 0.15) is 10.6 Å². The number of anilines is 2. The Hall–Kier alpha value is -2.32. The summed E-state index contributed by atoms with van der Waals surface area (Å²) >= 11 is 0. The van der Waals surface area contributed by atoms with E-state index in [1.807, 2.05) is 6.92 Å². The number of hydrazine groups is 1. The smallest absolute Gasteiger partial charge is 0.265 e. The Balaban J connectivity index is 2.38. The molecule has 21 heavy (non-hydrogen) atoms. The lowest BCUT2D eigenvalue weighted by Crippen LogP contribution is -2.18. The number of nitrogen functional groups attached to an aromatic ring is 1. The van der Waals surface area contributed by atoms with Crippen LogP contribution in [0.25, 0.3) is 0 Å². The maximum atomic E-state index is 12.4. The average Bonchev–Trinajstić information content (AvgIpc) is 2.49. The van der Waals surface area contributed by atoms with E-state index in [4.69, 9.17) is 10.6 Å². The first-order valence-corrected chi connectivity index (χ1v) is 7.73. The molecular weight excluding hydrogens is 292 g/mol. The van der Waals surface area contributed by atoms with Crippen LogP contribution in [0.5, 0.6) is 5.75 Å². The van der Waals surface area contributed by atoms with Gasteiger partial charge in [0.25, 0.3) is 10.0 Å². The molecule has 0 saturated heterocycles. The van der Waals surface area contributed by atoms with Crippen molar-refractivity contribution >= 4 is 21.5 Å². The van der Waals surface area contributed by atoms with Crippen molar-refractivity contribution in [3.63, 3.8) is 0 Å². The van der Waals surface area contributed by atoms with Gasteiger partial charge in [-0.25, -0.2) is 19.2 Å². The van der Waals surface area contributed by atoms with Gasteiger partial charge in [-0.3, -0.25) is 4.72 Å². The van der Waals surface area contributed by atoms with Crippen molar-refractivity contribution in [1.29, 1.82) is 0 Å². The summed E-state index contributed by atoms with van der Waals surface area (Å²) in [6.07, 6.45) is 1.45. The zero-order valence-electron chi connectivity index (χ0n) is 11.4. The Morgan fingerprint density at radius 3 is 2.71 bits per heavy atom. The van der Waals surface area contributed by atoms with Crippen molar-refractivity contribution in [3.05, 3.63) is 42.6 Å². The summed E-state index contributed by atoms with van der Waals surface area (Å²) in [6.45, 7) is 2.25. The third kappa shape index (κ3) is 3.41. The van der Waals surface area contributed by atoms with Crippen molar-refractivity contribution in [3.8, 4) is 5.75 Å². The molecule has 1 aromatic carbocycles. The first-order chi connectivity index (χ1) is 10.1. The normalized spacial score (nSPS) is 11.0. The molecule has 0 amide bonds. The zero-order valence-corrected chi connectivity index (χ0v) is 12.2. The molecule has 0 aliphatic carbocycles. The van der Waals surface area contributed by atoms with Crippen molar-refractivity contribution in [1.82, 2.24) is 4.98 Å². The van der Waals surface area contributed by atoms with Crippen molar-refractivity contribution in [2.75, 3.05) is 16.8 Å². The Morgan fingerprint density at radius 2 is 2.00 bits per heavy atom. The first-order valence-electron chi connectivity index (χ1n) is 6.24. The molecule has 2 aromatic rings. The Morgan fingerprint density at radius 1 is 1.24 bits per heavy atom. The molecule has 0 radical (unpaired) electrons. The lowest BCUT2D eigenvalue weighted by molar-refractivity contribution is 0.342. The van der Waals surface area contributed by atoms with Gasteiger partial charge in [-0.2, -0.15) is 0 Å². The number of sulfonamides is 1. The van der Waals surface area contributed by atoms with Crippen molar-refractivity contribution in [2.45, 2.75) is 11.8 Å². The van der Waals surface area contributed by atoms with Crippen LogP contribution in [-0.2, 0) is 10.0 Å². The molecule has 7 nitrogen and oxygen atoms in total. The molecule has 0 aliphatic rings. The fraction of sp³-hybridized carbons (Fsp3) is 0.154. The van der Waals surface area contributed by atoms with Gasteiger partial charge in [0.2, 0.25) is 0 Å². The fourth-order valence-corrected chi connectivity index (χ4v) is 2.94. The van der Waals surface area contributed by atoms with Gasteiger partial charge >= 0.3 is 0 Å². The number of ether oxygens (including phenoxy) is 1. The number of hydrogen-bond acceptors (Lipinski definition) is 6. The van der Waals surface area contributed by atoms with E-state index in [2.05, 4.69) is 15.1 Å². The lowest BCUT2D eigenvalue weighted by atomic mass is 10.3. The summed E-state index contributed by atoms with van der Waals surface area (Å²) in [5.41, 5.74) is 2.62. The number of nitrogens with zero attached hydrogens (tertiary/aromatic N) is 1. The van der Waals surface area contributed by atoms with Crippen LogP contribution in [0.4, 0.5) is 11.5 Å². The number of aromatic nitrogens is 1. The minimum atomic E-state index is -3.83. The van der Waals surface area contributed by atoms with E-state index in [9.17, 15) is 8.42 Å². The lowest BCUT2D eigenvalue weighted by Gasteiger charge is -2.14. The van der Waals surface area contributed by atoms with Crippen LogP contribution >= 0.6 is 0 Å². The second kappa shape index (κ2) is 6.42. The third-order valence-electron chi connectivity index (χ3n) is 2.63.